The molecular weight excluding hydrogens is 269 g/mol. The highest BCUT2D eigenvalue weighted by molar-refractivity contribution is 5.45. The number of rotatable bonds is 4. The first-order valence-corrected chi connectivity index (χ1v) is 6.19. The van der Waals surface area contributed by atoms with Crippen molar-refractivity contribution in [3.63, 3.8) is 0 Å². The van der Waals surface area contributed by atoms with Gasteiger partial charge in [-0.3, -0.25) is 0 Å². The number of hydrogen-bond acceptors (Lipinski definition) is 2. The molecule has 1 aromatic rings. The molecule has 2 nitrogen and oxygen atoms in total. The van der Waals surface area contributed by atoms with Crippen LogP contribution >= 0.6 is 0 Å². The Bertz CT molecular complexity index is 494. The summed E-state index contributed by atoms with van der Waals surface area (Å²) in [6.07, 6.45) is -3.70. The molecule has 20 heavy (non-hydrogen) atoms. The maximum Gasteiger partial charge on any atom is 0.416 e. The molecule has 0 N–H and O–H groups in total. The van der Waals surface area contributed by atoms with Crippen LogP contribution in [0.2, 0.25) is 0 Å². The summed E-state index contributed by atoms with van der Waals surface area (Å²) in [6, 6.07) is 3.39. The second-order valence-electron chi connectivity index (χ2n) is 4.15. The molecule has 0 aliphatic heterocycles. The number of benzene rings is 1. The fraction of sp³-hybridized carbons (Fsp3) is 0.467. The van der Waals surface area contributed by atoms with E-state index in [1.54, 1.807) is 0 Å². The number of alkyl halides is 3. The number of hydrogen-bond donors (Lipinski definition) is 0. The van der Waals surface area contributed by atoms with Gasteiger partial charge >= 0.3 is 6.18 Å². The van der Waals surface area contributed by atoms with Crippen LogP contribution in [0.15, 0.2) is 18.2 Å². The summed E-state index contributed by atoms with van der Waals surface area (Å²) in [5, 5.41) is 0. The van der Waals surface area contributed by atoms with Crippen molar-refractivity contribution in [2.24, 2.45) is 0 Å². The average molecular weight is 286 g/mol. The standard InChI is InChI=1S/C15H17F3O2/c1-4-5-6-7-11-8-9-12(15(16,17)18)10-13(11)14(19-2)20-3/h8-10,14H,4-5H2,1-3H3. The van der Waals surface area contributed by atoms with E-state index in [1.807, 2.05) is 6.92 Å². The molecule has 0 aliphatic carbocycles. The molecule has 0 saturated heterocycles. The molecule has 0 atom stereocenters. The largest absolute Gasteiger partial charge is 0.416 e. The molecule has 0 fully saturated rings. The van der Waals surface area contributed by atoms with Gasteiger partial charge in [0.1, 0.15) is 0 Å². The van der Waals surface area contributed by atoms with Gasteiger partial charge in [-0.15, -0.1) is 0 Å². The minimum absolute atomic E-state index is 0.286. The van der Waals surface area contributed by atoms with E-state index in [0.29, 0.717) is 12.0 Å². The van der Waals surface area contributed by atoms with Gasteiger partial charge in [0, 0.05) is 31.8 Å². The summed E-state index contributed by atoms with van der Waals surface area (Å²) in [7, 11) is 2.75. The van der Waals surface area contributed by atoms with Crippen molar-refractivity contribution >= 4 is 0 Å². The number of methoxy groups -OCH3 is 2. The summed E-state index contributed by atoms with van der Waals surface area (Å²) in [4.78, 5) is 0. The maximum absolute atomic E-state index is 12.8. The van der Waals surface area contributed by atoms with E-state index in [4.69, 9.17) is 9.47 Å². The molecule has 0 aliphatic rings. The Morgan fingerprint density at radius 2 is 1.85 bits per heavy atom. The SMILES string of the molecule is CCCC#Cc1ccc(C(F)(F)F)cc1C(OC)OC. The normalized spacial score (nSPS) is 11.3. The minimum atomic E-state index is -4.41. The van der Waals surface area contributed by atoms with Gasteiger partial charge in [-0.25, -0.2) is 0 Å². The monoisotopic (exact) mass is 286 g/mol. The zero-order chi connectivity index (χ0) is 15.2. The average Bonchev–Trinajstić information content (AvgIpc) is 2.40. The van der Waals surface area contributed by atoms with Crippen LogP contribution in [0, 0.1) is 11.8 Å². The van der Waals surface area contributed by atoms with Gasteiger partial charge in [0.05, 0.1) is 5.56 Å². The fourth-order valence-corrected chi connectivity index (χ4v) is 1.68. The van der Waals surface area contributed by atoms with Crippen LogP contribution in [-0.4, -0.2) is 14.2 Å². The topological polar surface area (TPSA) is 18.5 Å². The smallest absolute Gasteiger partial charge is 0.352 e. The molecule has 1 aromatic carbocycles. The van der Waals surface area contributed by atoms with Gasteiger partial charge in [-0.05, 0) is 24.6 Å². The predicted octanol–water partition coefficient (Wildman–Crippen LogP) is 4.15. The highest BCUT2D eigenvalue weighted by atomic mass is 19.4. The first-order chi connectivity index (χ1) is 9.43. The Balaban J connectivity index is 3.27. The van der Waals surface area contributed by atoms with E-state index >= 15 is 0 Å². The van der Waals surface area contributed by atoms with Gasteiger partial charge in [0.15, 0.2) is 6.29 Å². The maximum atomic E-state index is 12.8. The molecule has 0 unspecified atom stereocenters. The van der Waals surface area contributed by atoms with E-state index in [-0.39, 0.29) is 5.56 Å². The van der Waals surface area contributed by atoms with Crippen molar-refractivity contribution in [3.8, 4) is 11.8 Å². The molecule has 0 saturated carbocycles. The van der Waals surface area contributed by atoms with Crippen LogP contribution in [0.5, 0.6) is 0 Å². The van der Waals surface area contributed by atoms with Gasteiger partial charge in [0.2, 0.25) is 0 Å². The molecule has 5 heteroatoms. The van der Waals surface area contributed by atoms with Crippen LogP contribution in [0.25, 0.3) is 0 Å². The van der Waals surface area contributed by atoms with E-state index in [1.165, 1.54) is 20.3 Å². The van der Waals surface area contributed by atoms with Crippen molar-refractivity contribution in [2.75, 3.05) is 14.2 Å². The van der Waals surface area contributed by atoms with Crippen LogP contribution in [-0.2, 0) is 15.7 Å². The summed E-state index contributed by atoms with van der Waals surface area (Å²) >= 11 is 0. The van der Waals surface area contributed by atoms with Crippen molar-refractivity contribution in [3.05, 3.63) is 34.9 Å². The summed E-state index contributed by atoms with van der Waals surface area (Å²) in [5.41, 5.74) is 0.0289. The predicted molar refractivity (Wildman–Crippen MR) is 70.0 cm³/mol. The fourth-order valence-electron chi connectivity index (χ4n) is 1.68. The Hall–Kier alpha value is -1.51. The lowest BCUT2D eigenvalue weighted by Gasteiger charge is -2.17. The quantitative estimate of drug-likeness (QED) is 0.611. The second-order valence-corrected chi connectivity index (χ2v) is 4.15. The summed E-state index contributed by atoms with van der Waals surface area (Å²) in [6.45, 7) is 1.98. The molecule has 0 aromatic heterocycles. The third kappa shape index (κ3) is 4.26. The number of ether oxygens (including phenoxy) is 2. The number of unbranched alkanes of at least 4 members (excludes halogenated alkanes) is 1. The highest BCUT2D eigenvalue weighted by Gasteiger charge is 2.31. The van der Waals surface area contributed by atoms with Crippen LogP contribution in [0.1, 0.15) is 42.7 Å². The van der Waals surface area contributed by atoms with Gasteiger partial charge < -0.3 is 9.47 Å². The molecular formula is C15H17F3O2. The van der Waals surface area contributed by atoms with Crippen LogP contribution < -0.4 is 0 Å². The molecule has 0 heterocycles. The first kappa shape index (κ1) is 16.5. The lowest BCUT2D eigenvalue weighted by atomic mass is 10.0. The van der Waals surface area contributed by atoms with E-state index in [0.717, 1.165) is 18.6 Å². The minimum Gasteiger partial charge on any atom is -0.352 e. The van der Waals surface area contributed by atoms with E-state index < -0.39 is 18.0 Å². The lowest BCUT2D eigenvalue weighted by molar-refractivity contribution is -0.138. The molecule has 1 rings (SSSR count). The molecule has 0 radical (unpaired) electrons. The third-order valence-corrected chi connectivity index (χ3v) is 2.66. The third-order valence-electron chi connectivity index (χ3n) is 2.66. The first-order valence-electron chi connectivity index (χ1n) is 6.19. The van der Waals surface area contributed by atoms with Gasteiger partial charge in [-0.1, -0.05) is 18.8 Å². The summed E-state index contributed by atoms with van der Waals surface area (Å²) < 4.78 is 48.4. The number of halogens is 3. The lowest BCUT2D eigenvalue weighted by Crippen LogP contribution is -2.10. The zero-order valence-electron chi connectivity index (χ0n) is 11.7. The van der Waals surface area contributed by atoms with Crippen molar-refractivity contribution in [1.82, 2.24) is 0 Å². The Labute approximate surface area is 116 Å². The molecule has 0 bridgehead atoms. The van der Waals surface area contributed by atoms with Gasteiger partial charge in [0.25, 0.3) is 0 Å². The summed E-state index contributed by atoms with van der Waals surface area (Å²) in [5.74, 6) is 5.78. The van der Waals surface area contributed by atoms with Crippen LogP contribution in [0.4, 0.5) is 13.2 Å². The van der Waals surface area contributed by atoms with Crippen LogP contribution in [0.3, 0.4) is 0 Å². The van der Waals surface area contributed by atoms with E-state index in [2.05, 4.69) is 11.8 Å². The van der Waals surface area contributed by atoms with Crippen molar-refractivity contribution in [1.29, 1.82) is 0 Å². The Kier molecular flexibility index (Phi) is 6.05. The Morgan fingerprint density at radius 3 is 2.35 bits per heavy atom. The van der Waals surface area contributed by atoms with E-state index in [9.17, 15) is 13.2 Å². The molecule has 0 spiro atoms. The highest BCUT2D eigenvalue weighted by Crippen LogP contribution is 2.32. The zero-order valence-corrected chi connectivity index (χ0v) is 11.7. The second kappa shape index (κ2) is 7.32. The van der Waals surface area contributed by atoms with Crippen molar-refractivity contribution < 1.29 is 22.6 Å². The van der Waals surface area contributed by atoms with Crippen molar-refractivity contribution in [2.45, 2.75) is 32.2 Å². The van der Waals surface area contributed by atoms with Gasteiger partial charge in [-0.2, -0.15) is 13.2 Å². The molecule has 0 amide bonds. The molecule has 110 valence electrons. The Morgan fingerprint density at radius 1 is 1.20 bits per heavy atom.